The maximum absolute atomic E-state index is 11.1. The second-order valence-corrected chi connectivity index (χ2v) is 6.09. The molecule has 0 fully saturated rings. The van der Waals surface area contributed by atoms with E-state index in [0.717, 1.165) is 9.35 Å². The van der Waals surface area contributed by atoms with Gasteiger partial charge in [-0.3, -0.25) is 0 Å². The van der Waals surface area contributed by atoms with Crippen molar-refractivity contribution in [3.05, 3.63) is 20.8 Å². The van der Waals surface area contributed by atoms with Gasteiger partial charge in [0, 0.05) is 15.9 Å². The Morgan fingerprint density at radius 2 is 2.36 bits per heavy atom. The van der Waals surface area contributed by atoms with Gasteiger partial charge in [-0.05, 0) is 27.4 Å². The quantitative estimate of drug-likeness (QED) is 0.914. The summed E-state index contributed by atoms with van der Waals surface area (Å²) >= 11 is 4.74. The molecule has 0 atom stereocenters. The van der Waals surface area contributed by atoms with Crippen LogP contribution in [-0.2, 0) is 16.6 Å². The molecule has 0 radical (unpaired) electrons. The van der Waals surface area contributed by atoms with Crippen molar-refractivity contribution >= 4 is 37.3 Å². The summed E-state index contributed by atoms with van der Waals surface area (Å²) in [5.41, 5.74) is 0. The average Bonchev–Trinajstić information content (AvgIpc) is 2.48. The van der Waals surface area contributed by atoms with Gasteiger partial charge in [0.15, 0.2) is 5.75 Å². The molecule has 0 aromatic carbocycles. The topological polar surface area (TPSA) is 70.0 Å². The third-order valence-corrected chi connectivity index (χ3v) is 4.42. The first kappa shape index (κ1) is 11.7. The van der Waals surface area contributed by atoms with Crippen molar-refractivity contribution in [2.24, 2.45) is 0 Å². The molecule has 0 spiro atoms. The zero-order valence-electron chi connectivity index (χ0n) is 7.03. The van der Waals surface area contributed by atoms with Crippen LogP contribution in [0.5, 0.6) is 0 Å². The van der Waals surface area contributed by atoms with Gasteiger partial charge in [-0.15, -0.1) is 11.3 Å². The van der Waals surface area contributed by atoms with E-state index in [9.17, 15) is 8.42 Å². The molecule has 1 aromatic rings. The number of nitriles is 1. The number of thiophene rings is 1. The molecule has 7 heteroatoms. The van der Waals surface area contributed by atoms with Gasteiger partial charge < -0.3 is 0 Å². The SMILES string of the molecule is N#CCS(=O)(=O)NCc1sccc1Br. The van der Waals surface area contributed by atoms with Crippen molar-refractivity contribution in [3.8, 4) is 6.07 Å². The molecule has 0 saturated heterocycles. The number of halogens is 1. The Hall–Kier alpha value is -0.420. The summed E-state index contributed by atoms with van der Waals surface area (Å²) in [6.45, 7) is 0.224. The molecule has 0 aliphatic rings. The first-order valence-corrected chi connectivity index (χ1v) is 6.94. The van der Waals surface area contributed by atoms with Crippen LogP contribution >= 0.6 is 27.3 Å². The van der Waals surface area contributed by atoms with E-state index in [1.807, 2.05) is 11.4 Å². The molecule has 0 bridgehead atoms. The standard InChI is InChI=1S/C7H7BrN2O2S2/c8-6-1-3-13-7(6)5-10-14(11,12)4-2-9/h1,3,10H,4-5H2. The molecule has 1 rings (SSSR count). The Labute approximate surface area is 94.7 Å². The highest BCUT2D eigenvalue weighted by Gasteiger charge is 2.10. The van der Waals surface area contributed by atoms with E-state index in [0.29, 0.717) is 0 Å². The lowest BCUT2D eigenvalue weighted by atomic mass is 10.5. The van der Waals surface area contributed by atoms with Gasteiger partial charge in [-0.25, -0.2) is 13.1 Å². The monoisotopic (exact) mass is 294 g/mol. The second kappa shape index (κ2) is 4.89. The molecule has 14 heavy (non-hydrogen) atoms. The van der Waals surface area contributed by atoms with E-state index in [4.69, 9.17) is 5.26 Å². The van der Waals surface area contributed by atoms with Crippen molar-refractivity contribution in [2.45, 2.75) is 6.54 Å². The molecule has 0 unspecified atom stereocenters. The van der Waals surface area contributed by atoms with Gasteiger partial charge in [-0.2, -0.15) is 5.26 Å². The van der Waals surface area contributed by atoms with Crippen LogP contribution in [-0.4, -0.2) is 14.2 Å². The zero-order chi connectivity index (χ0) is 10.6. The van der Waals surface area contributed by atoms with Crippen LogP contribution in [0, 0.1) is 11.3 Å². The minimum atomic E-state index is -3.45. The first-order chi connectivity index (χ1) is 6.55. The Balaban J connectivity index is 2.58. The van der Waals surface area contributed by atoms with Crippen molar-refractivity contribution in [1.29, 1.82) is 5.26 Å². The zero-order valence-corrected chi connectivity index (χ0v) is 10.2. The largest absolute Gasteiger partial charge is 0.225 e. The molecule has 1 aromatic heterocycles. The summed E-state index contributed by atoms with van der Waals surface area (Å²) in [4.78, 5) is 0.895. The van der Waals surface area contributed by atoms with Gasteiger partial charge >= 0.3 is 0 Å². The Morgan fingerprint density at radius 3 is 2.86 bits per heavy atom. The van der Waals surface area contributed by atoms with E-state index in [2.05, 4.69) is 20.7 Å². The molecule has 0 aliphatic heterocycles. The molecule has 1 N–H and O–H groups in total. The second-order valence-electron chi connectivity index (χ2n) is 2.43. The highest BCUT2D eigenvalue weighted by molar-refractivity contribution is 9.10. The van der Waals surface area contributed by atoms with Gasteiger partial charge in [0.25, 0.3) is 0 Å². The van der Waals surface area contributed by atoms with Crippen molar-refractivity contribution in [3.63, 3.8) is 0 Å². The smallest absolute Gasteiger partial charge is 0.211 e. The minimum absolute atomic E-state index is 0.224. The molecule has 0 amide bonds. The molecule has 4 nitrogen and oxygen atoms in total. The maximum atomic E-state index is 11.1. The number of hydrogen-bond acceptors (Lipinski definition) is 4. The summed E-state index contributed by atoms with van der Waals surface area (Å²) in [5, 5.41) is 10.1. The van der Waals surface area contributed by atoms with Crippen LogP contribution in [0.1, 0.15) is 4.88 Å². The molecule has 0 aliphatic carbocycles. The van der Waals surface area contributed by atoms with Crippen LogP contribution in [0.3, 0.4) is 0 Å². The predicted molar refractivity (Wildman–Crippen MR) is 58.3 cm³/mol. The van der Waals surface area contributed by atoms with Gasteiger partial charge in [0.05, 0.1) is 6.07 Å². The maximum Gasteiger partial charge on any atom is 0.225 e. The predicted octanol–water partition coefficient (Wildman–Crippen LogP) is 1.45. The van der Waals surface area contributed by atoms with Crippen LogP contribution in [0.15, 0.2) is 15.9 Å². The molecule has 0 saturated carbocycles. The normalized spacial score (nSPS) is 11.1. The molecular formula is C7H7BrN2O2S2. The van der Waals surface area contributed by atoms with E-state index in [1.165, 1.54) is 11.3 Å². The summed E-state index contributed by atoms with van der Waals surface area (Å²) < 4.78 is 25.4. The van der Waals surface area contributed by atoms with Crippen LogP contribution in [0.25, 0.3) is 0 Å². The van der Waals surface area contributed by atoms with Gasteiger partial charge in [0.2, 0.25) is 10.0 Å². The fourth-order valence-electron chi connectivity index (χ4n) is 0.763. The van der Waals surface area contributed by atoms with Crippen LogP contribution < -0.4 is 4.72 Å². The summed E-state index contributed by atoms with van der Waals surface area (Å²) in [7, 11) is -3.45. The number of nitrogens with one attached hydrogen (secondary N) is 1. The first-order valence-electron chi connectivity index (χ1n) is 3.61. The van der Waals surface area contributed by atoms with Gasteiger partial charge in [-0.1, -0.05) is 0 Å². The number of hydrogen-bond donors (Lipinski definition) is 1. The van der Waals surface area contributed by atoms with Gasteiger partial charge in [0.1, 0.15) is 0 Å². The minimum Gasteiger partial charge on any atom is -0.211 e. The van der Waals surface area contributed by atoms with E-state index in [-0.39, 0.29) is 6.54 Å². The highest BCUT2D eigenvalue weighted by Crippen LogP contribution is 2.22. The molecule has 76 valence electrons. The lowest BCUT2D eigenvalue weighted by Crippen LogP contribution is -2.24. The molecule has 1 heterocycles. The van der Waals surface area contributed by atoms with E-state index < -0.39 is 15.8 Å². The number of nitrogens with zero attached hydrogens (tertiary/aromatic N) is 1. The summed E-state index contributed by atoms with van der Waals surface area (Å²) in [6.07, 6.45) is 0. The third-order valence-electron chi connectivity index (χ3n) is 1.40. The average molecular weight is 295 g/mol. The Kier molecular flexibility index (Phi) is 4.07. The highest BCUT2D eigenvalue weighted by atomic mass is 79.9. The Bertz CT molecular complexity index is 447. The van der Waals surface area contributed by atoms with E-state index >= 15 is 0 Å². The van der Waals surface area contributed by atoms with Crippen molar-refractivity contribution in [2.75, 3.05) is 5.75 Å². The third kappa shape index (κ3) is 3.38. The van der Waals surface area contributed by atoms with Crippen LogP contribution in [0.4, 0.5) is 0 Å². The van der Waals surface area contributed by atoms with Crippen molar-refractivity contribution in [1.82, 2.24) is 4.72 Å². The lowest BCUT2D eigenvalue weighted by molar-refractivity contribution is 0.585. The molecular weight excluding hydrogens is 288 g/mol. The Morgan fingerprint density at radius 1 is 1.64 bits per heavy atom. The summed E-state index contributed by atoms with van der Waals surface area (Å²) in [5.74, 6) is -0.504. The fraction of sp³-hybridized carbons (Fsp3) is 0.286. The summed E-state index contributed by atoms with van der Waals surface area (Å²) in [6, 6.07) is 3.44. The number of rotatable bonds is 4. The fourth-order valence-corrected chi connectivity index (χ4v) is 2.92. The lowest BCUT2D eigenvalue weighted by Gasteiger charge is -2.01. The van der Waals surface area contributed by atoms with Crippen LogP contribution in [0.2, 0.25) is 0 Å². The number of sulfonamides is 1. The van der Waals surface area contributed by atoms with E-state index in [1.54, 1.807) is 6.07 Å². The van der Waals surface area contributed by atoms with Crippen molar-refractivity contribution < 1.29 is 8.42 Å².